The van der Waals surface area contributed by atoms with E-state index in [1.54, 1.807) is 11.3 Å². The Hall–Kier alpha value is -1.19. The van der Waals surface area contributed by atoms with Crippen LogP contribution in [0.1, 0.15) is 43.5 Å². The second-order valence-electron chi connectivity index (χ2n) is 5.56. The summed E-state index contributed by atoms with van der Waals surface area (Å²) in [6.07, 6.45) is 5.39. The molecule has 1 unspecified atom stereocenters. The number of hydrogen-bond donors (Lipinski definition) is 1. The van der Waals surface area contributed by atoms with E-state index in [0.717, 1.165) is 15.8 Å². The van der Waals surface area contributed by atoms with Crippen LogP contribution in [0, 0.1) is 0 Å². The van der Waals surface area contributed by atoms with Crippen molar-refractivity contribution in [2.75, 3.05) is 5.32 Å². The average Bonchev–Trinajstić information content (AvgIpc) is 3.12. The number of rotatable bonds is 5. The average molecular weight is 322 g/mol. The molecule has 1 aliphatic carbocycles. The predicted octanol–water partition coefficient (Wildman–Crippen LogP) is 5.90. The van der Waals surface area contributed by atoms with Gasteiger partial charge in [0.05, 0.1) is 16.5 Å². The Bertz CT molecular complexity index is 575. The molecule has 1 aromatic carbocycles. The quantitative estimate of drug-likeness (QED) is 0.740. The number of anilines is 1. The van der Waals surface area contributed by atoms with Crippen molar-refractivity contribution < 1.29 is 4.74 Å². The SMILES string of the molecule is CC(Nc1ccc(OC2CCCC2)cc1)c1ccc(Cl)s1. The Morgan fingerprint density at radius 1 is 1.14 bits per heavy atom. The lowest BCUT2D eigenvalue weighted by atomic mass is 10.2. The molecule has 112 valence electrons. The highest BCUT2D eigenvalue weighted by atomic mass is 35.5. The molecule has 1 atom stereocenters. The highest BCUT2D eigenvalue weighted by molar-refractivity contribution is 7.16. The van der Waals surface area contributed by atoms with Crippen LogP contribution in [0.25, 0.3) is 0 Å². The van der Waals surface area contributed by atoms with Gasteiger partial charge in [-0.3, -0.25) is 0 Å². The first kappa shape index (κ1) is 14.7. The molecule has 0 radical (unpaired) electrons. The monoisotopic (exact) mass is 321 g/mol. The third-order valence-corrected chi connectivity index (χ3v) is 5.28. The fourth-order valence-corrected chi connectivity index (χ4v) is 3.77. The maximum Gasteiger partial charge on any atom is 0.119 e. The van der Waals surface area contributed by atoms with Crippen molar-refractivity contribution in [2.24, 2.45) is 0 Å². The Morgan fingerprint density at radius 2 is 1.86 bits per heavy atom. The van der Waals surface area contributed by atoms with Gasteiger partial charge in [-0.25, -0.2) is 0 Å². The van der Waals surface area contributed by atoms with Crippen LogP contribution in [0.5, 0.6) is 5.75 Å². The fourth-order valence-electron chi connectivity index (χ4n) is 2.71. The van der Waals surface area contributed by atoms with Crippen LogP contribution in [0.15, 0.2) is 36.4 Å². The summed E-state index contributed by atoms with van der Waals surface area (Å²) in [7, 11) is 0. The summed E-state index contributed by atoms with van der Waals surface area (Å²) >= 11 is 7.60. The normalized spacial score (nSPS) is 16.9. The summed E-state index contributed by atoms with van der Waals surface area (Å²) in [6, 6.07) is 12.5. The van der Waals surface area contributed by atoms with Gasteiger partial charge in [0, 0.05) is 10.6 Å². The molecule has 0 spiro atoms. The molecule has 0 saturated heterocycles. The summed E-state index contributed by atoms with van der Waals surface area (Å²) in [5.74, 6) is 0.972. The largest absolute Gasteiger partial charge is 0.490 e. The van der Waals surface area contributed by atoms with Gasteiger partial charge in [-0.1, -0.05) is 11.6 Å². The van der Waals surface area contributed by atoms with E-state index in [0.29, 0.717) is 6.10 Å². The first-order valence-electron chi connectivity index (χ1n) is 7.49. The van der Waals surface area contributed by atoms with E-state index in [-0.39, 0.29) is 6.04 Å². The second-order valence-corrected chi connectivity index (χ2v) is 7.30. The molecular weight excluding hydrogens is 302 g/mol. The Kier molecular flexibility index (Phi) is 4.71. The minimum Gasteiger partial charge on any atom is -0.490 e. The molecule has 3 rings (SSSR count). The van der Waals surface area contributed by atoms with Gasteiger partial charge in [0.15, 0.2) is 0 Å². The Labute approximate surface area is 135 Å². The van der Waals surface area contributed by atoms with Gasteiger partial charge >= 0.3 is 0 Å². The minimum atomic E-state index is 0.254. The maximum absolute atomic E-state index is 5.98. The molecule has 1 saturated carbocycles. The zero-order chi connectivity index (χ0) is 14.7. The lowest BCUT2D eigenvalue weighted by Crippen LogP contribution is -2.10. The summed E-state index contributed by atoms with van der Waals surface area (Å²) in [5, 5.41) is 3.49. The molecular formula is C17H20ClNOS. The van der Waals surface area contributed by atoms with E-state index >= 15 is 0 Å². The van der Waals surface area contributed by atoms with Crippen molar-refractivity contribution in [3.8, 4) is 5.75 Å². The summed E-state index contributed by atoms with van der Waals surface area (Å²) in [4.78, 5) is 1.24. The molecule has 2 aromatic rings. The number of benzene rings is 1. The molecule has 1 heterocycles. The van der Waals surface area contributed by atoms with Crippen molar-refractivity contribution in [3.05, 3.63) is 45.6 Å². The van der Waals surface area contributed by atoms with Crippen LogP contribution in [-0.4, -0.2) is 6.10 Å². The molecule has 0 bridgehead atoms. The van der Waals surface area contributed by atoms with E-state index in [4.69, 9.17) is 16.3 Å². The molecule has 1 fully saturated rings. The Balaban J connectivity index is 1.58. The van der Waals surface area contributed by atoms with Gasteiger partial charge in [0.25, 0.3) is 0 Å². The molecule has 0 amide bonds. The molecule has 1 aromatic heterocycles. The van der Waals surface area contributed by atoms with Crippen molar-refractivity contribution in [3.63, 3.8) is 0 Å². The number of halogens is 1. The van der Waals surface area contributed by atoms with Gasteiger partial charge < -0.3 is 10.1 Å². The van der Waals surface area contributed by atoms with Gasteiger partial charge in [0.1, 0.15) is 5.75 Å². The van der Waals surface area contributed by atoms with Gasteiger partial charge in [-0.15, -0.1) is 11.3 Å². The van der Waals surface area contributed by atoms with Crippen LogP contribution in [0.4, 0.5) is 5.69 Å². The van der Waals surface area contributed by atoms with Gasteiger partial charge in [-0.05, 0) is 69.0 Å². The summed E-state index contributed by atoms with van der Waals surface area (Å²) in [5.41, 5.74) is 1.10. The second kappa shape index (κ2) is 6.71. The molecule has 1 N–H and O–H groups in total. The van der Waals surface area contributed by atoms with Crippen LogP contribution in [-0.2, 0) is 0 Å². The molecule has 2 nitrogen and oxygen atoms in total. The number of hydrogen-bond acceptors (Lipinski definition) is 3. The van der Waals surface area contributed by atoms with Crippen LogP contribution in [0.2, 0.25) is 4.34 Å². The van der Waals surface area contributed by atoms with Crippen molar-refractivity contribution in [1.82, 2.24) is 0 Å². The standard InChI is InChI=1S/C17H20ClNOS/c1-12(16-10-11-17(18)21-16)19-13-6-8-15(9-7-13)20-14-4-2-3-5-14/h6-12,14,19H,2-5H2,1H3. The van der Waals surface area contributed by atoms with Crippen molar-refractivity contribution >= 4 is 28.6 Å². The zero-order valence-corrected chi connectivity index (χ0v) is 13.7. The maximum atomic E-state index is 5.98. The van der Waals surface area contributed by atoms with E-state index in [9.17, 15) is 0 Å². The van der Waals surface area contributed by atoms with E-state index in [1.165, 1.54) is 30.6 Å². The number of thiophene rings is 1. The smallest absolute Gasteiger partial charge is 0.119 e. The first-order chi connectivity index (χ1) is 10.2. The van der Waals surface area contributed by atoms with E-state index < -0.39 is 0 Å². The summed E-state index contributed by atoms with van der Waals surface area (Å²) in [6.45, 7) is 2.14. The van der Waals surface area contributed by atoms with Crippen LogP contribution >= 0.6 is 22.9 Å². The lowest BCUT2D eigenvalue weighted by molar-refractivity contribution is 0.210. The van der Waals surface area contributed by atoms with Crippen LogP contribution < -0.4 is 10.1 Å². The third kappa shape index (κ3) is 3.92. The van der Waals surface area contributed by atoms with Gasteiger partial charge in [-0.2, -0.15) is 0 Å². The molecule has 0 aliphatic heterocycles. The summed E-state index contributed by atoms with van der Waals surface area (Å²) < 4.78 is 6.81. The van der Waals surface area contributed by atoms with Crippen molar-refractivity contribution in [2.45, 2.75) is 44.8 Å². The van der Waals surface area contributed by atoms with Gasteiger partial charge in [0.2, 0.25) is 0 Å². The third-order valence-electron chi connectivity index (χ3n) is 3.86. The first-order valence-corrected chi connectivity index (χ1v) is 8.68. The minimum absolute atomic E-state index is 0.254. The molecule has 4 heteroatoms. The zero-order valence-electron chi connectivity index (χ0n) is 12.1. The van der Waals surface area contributed by atoms with Crippen LogP contribution in [0.3, 0.4) is 0 Å². The lowest BCUT2D eigenvalue weighted by Gasteiger charge is -2.16. The van der Waals surface area contributed by atoms with E-state index in [1.807, 2.05) is 6.07 Å². The fraction of sp³-hybridized carbons (Fsp3) is 0.412. The number of ether oxygens (including phenoxy) is 1. The Morgan fingerprint density at radius 3 is 2.48 bits per heavy atom. The van der Waals surface area contributed by atoms with E-state index in [2.05, 4.69) is 42.6 Å². The highest BCUT2D eigenvalue weighted by Crippen LogP contribution is 2.30. The highest BCUT2D eigenvalue weighted by Gasteiger charge is 2.16. The molecule has 1 aliphatic rings. The predicted molar refractivity (Wildman–Crippen MR) is 90.7 cm³/mol. The molecule has 21 heavy (non-hydrogen) atoms. The van der Waals surface area contributed by atoms with Crippen molar-refractivity contribution in [1.29, 1.82) is 0 Å². The number of nitrogens with one attached hydrogen (secondary N) is 1. The topological polar surface area (TPSA) is 21.3 Å².